The Hall–Kier alpha value is -1.60. The number of carboxylic acids is 1. The van der Waals surface area contributed by atoms with Gasteiger partial charge in [-0.3, -0.25) is 4.79 Å². The molecular weight excluding hydrogens is 270 g/mol. The summed E-state index contributed by atoms with van der Waals surface area (Å²) in [7, 11) is -2.58. The zero-order valence-electron chi connectivity index (χ0n) is 11.0. The molecule has 0 fully saturated rings. The summed E-state index contributed by atoms with van der Waals surface area (Å²) in [4.78, 5) is 10.8. The number of benzene rings is 1. The predicted octanol–water partition coefficient (Wildman–Crippen LogP) is 1.15. The van der Waals surface area contributed by atoms with Crippen molar-refractivity contribution in [2.24, 2.45) is 0 Å². The molecule has 106 valence electrons. The zero-order valence-corrected chi connectivity index (χ0v) is 11.8. The highest BCUT2D eigenvalue weighted by molar-refractivity contribution is 7.89. The molecular formula is C12H17NO5S. The van der Waals surface area contributed by atoms with Crippen LogP contribution in [0.15, 0.2) is 23.1 Å². The second-order valence-corrected chi connectivity index (χ2v) is 5.76. The molecule has 0 bridgehead atoms. The summed E-state index contributed by atoms with van der Waals surface area (Å²) >= 11 is 0. The Balaban J connectivity index is 3.20. The van der Waals surface area contributed by atoms with E-state index in [1.54, 1.807) is 19.9 Å². The molecule has 1 aromatic carbocycles. The van der Waals surface area contributed by atoms with E-state index < -0.39 is 22.0 Å². The van der Waals surface area contributed by atoms with Gasteiger partial charge in [-0.25, -0.2) is 8.42 Å². The van der Waals surface area contributed by atoms with Crippen LogP contribution in [0.1, 0.15) is 18.9 Å². The third-order valence-corrected chi connectivity index (χ3v) is 4.11. The van der Waals surface area contributed by atoms with Gasteiger partial charge in [-0.05, 0) is 31.0 Å². The van der Waals surface area contributed by atoms with Crippen LogP contribution in [0.25, 0.3) is 0 Å². The van der Waals surface area contributed by atoms with Crippen LogP contribution in [-0.2, 0) is 14.8 Å². The summed E-state index contributed by atoms with van der Waals surface area (Å²) in [6.07, 6.45) is 0.155. The van der Waals surface area contributed by atoms with Crippen molar-refractivity contribution in [2.45, 2.75) is 31.2 Å². The van der Waals surface area contributed by atoms with Crippen molar-refractivity contribution in [1.82, 2.24) is 4.72 Å². The number of methoxy groups -OCH3 is 1. The molecule has 0 saturated carbocycles. The second-order valence-electron chi connectivity index (χ2n) is 4.07. The molecule has 2 N–H and O–H groups in total. The van der Waals surface area contributed by atoms with Crippen molar-refractivity contribution >= 4 is 16.0 Å². The maximum Gasteiger partial charge on any atom is 0.321 e. The van der Waals surface area contributed by atoms with Gasteiger partial charge in [0.15, 0.2) is 0 Å². The van der Waals surface area contributed by atoms with Crippen LogP contribution in [0.5, 0.6) is 5.75 Å². The summed E-state index contributed by atoms with van der Waals surface area (Å²) in [6.45, 7) is 3.34. The van der Waals surface area contributed by atoms with Gasteiger partial charge in [0.25, 0.3) is 0 Å². The van der Waals surface area contributed by atoms with E-state index in [0.29, 0.717) is 0 Å². The number of aryl methyl sites for hydroxylation is 1. The van der Waals surface area contributed by atoms with Gasteiger partial charge < -0.3 is 9.84 Å². The van der Waals surface area contributed by atoms with Gasteiger partial charge in [0, 0.05) is 0 Å². The van der Waals surface area contributed by atoms with Crippen molar-refractivity contribution in [1.29, 1.82) is 0 Å². The van der Waals surface area contributed by atoms with Gasteiger partial charge >= 0.3 is 5.97 Å². The molecule has 1 unspecified atom stereocenters. The van der Waals surface area contributed by atoms with Crippen molar-refractivity contribution in [2.75, 3.05) is 7.11 Å². The van der Waals surface area contributed by atoms with Gasteiger partial charge in [-0.15, -0.1) is 0 Å². The molecule has 0 saturated heterocycles. The van der Waals surface area contributed by atoms with Crippen LogP contribution < -0.4 is 9.46 Å². The van der Waals surface area contributed by atoms with Gasteiger partial charge in [0.2, 0.25) is 10.0 Å². The molecule has 0 aliphatic heterocycles. The summed E-state index contributed by atoms with van der Waals surface area (Å²) in [5.74, 6) is -1.03. The molecule has 0 aliphatic carbocycles. The highest BCUT2D eigenvalue weighted by Crippen LogP contribution is 2.24. The van der Waals surface area contributed by atoms with Crippen molar-refractivity contribution in [3.63, 3.8) is 0 Å². The number of nitrogens with one attached hydrogen (secondary N) is 1. The van der Waals surface area contributed by atoms with E-state index in [0.717, 1.165) is 5.56 Å². The van der Waals surface area contributed by atoms with Crippen molar-refractivity contribution in [3.8, 4) is 5.75 Å². The third kappa shape index (κ3) is 3.68. The highest BCUT2D eigenvalue weighted by Gasteiger charge is 2.26. The van der Waals surface area contributed by atoms with Gasteiger partial charge in [-0.2, -0.15) is 4.72 Å². The van der Waals surface area contributed by atoms with Crippen LogP contribution in [0.4, 0.5) is 0 Å². The molecule has 0 heterocycles. The maximum absolute atomic E-state index is 12.2. The molecule has 0 radical (unpaired) electrons. The van der Waals surface area contributed by atoms with Crippen molar-refractivity contribution in [3.05, 3.63) is 23.8 Å². The summed E-state index contributed by atoms with van der Waals surface area (Å²) in [6, 6.07) is 3.53. The first-order valence-electron chi connectivity index (χ1n) is 5.71. The standard InChI is InChI=1S/C12H17NO5S/c1-4-9(12(14)15)13-19(16,17)11-7-8(2)5-6-10(11)18-3/h5-7,9,13H,4H2,1-3H3,(H,14,15). The normalized spacial score (nSPS) is 13.0. The SMILES string of the molecule is CCC(NS(=O)(=O)c1cc(C)ccc1OC)C(=O)O. The summed E-state index contributed by atoms with van der Waals surface area (Å²) < 4.78 is 31.5. The van der Waals surface area contributed by atoms with Crippen LogP contribution >= 0.6 is 0 Å². The molecule has 0 aromatic heterocycles. The lowest BCUT2D eigenvalue weighted by molar-refractivity contribution is -0.139. The fraction of sp³-hybridized carbons (Fsp3) is 0.417. The lowest BCUT2D eigenvalue weighted by Crippen LogP contribution is -2.40. The largest absolute Gasteiger partial charge is 0.495 e. The monoisotopic (exact) mass is 287 g/mol. The molecule has 6 nitrogen and oxygen atoms in total. The first-order valence-corrected chi connectivity index (χ1v) is 7.20. The molecule has 1 atom stereocenters. The minimum atomic E-state index is -3.94. The van der Waals surface area contributed by atoms with E-state index >= 15 is 0 Å². The third-order valence-electron chi connectivity index (χ3n) is 2.61. The number of rotatable bonds is 6. The second kappa shape index (κ2) is 6.03. The highest BCUT2D eigenvalue weighted by atomic mass is 32.2. The first-order chi connectivity index (χ1) is 8.81. The fourth-order valence-electron chi connectivity index (χ4n) is 1.55. The van der Waals surface area contributed by atoms with Crippen LogP contribution in [0, 0.1) is 6.92 Å². The molecule has 0 amide bonds. The quantitative estimate of drug-likeness (QED) is 0.818. The van der Waals surface area contributed by atoms with Crippen LogP contribution in [-0.4, -0.2) is 32.6 Å². The van der Waals surface area contributed by atoms with E-state index in [1.807, 2.05) is 0 Å². The molecule has 19 heavy (non-hydrogen) atoms. The molecule has 1 rings (SSSR count). The van der Waals surface area contributed by atoms with E-state index in [1.165, 1.54) is 19.2 Å². The van der Waals surface area contributed by atoms with Crippen molar-refractivity contribution < 1.29 is 23.1 Å². The topological polar surface area (TPSA) is 92.7 Å². The van der Waals surface area contributed by atoms with Gasteiger partial charge in [-0.1, -0.05) is 13.0 Å². The van der Waals surface area contributed by atoms with Crippen LogP contribution in [0.2, 0.25) is 0 Å². The number of carboxylic acid groups (broad SMARTS) is 1. The first kappa shape index (κ1) is 15.5. The van der Waals surface area contributed by atoms with Gasteiger partial charge in [0.1, 0.15) is 16.7 Å². The lowest BCUT2D eigenvalue weighted by atomic mass is 10.2. The predicted molar refractivity (Wildman–Crippen MR) is 69.8 cm³/mol. The number of hydrogen-bond donors (Lipinski definition) is 2. The van der Waals surface area contributed by atoms with Crippen LogP contribution in [0.3, 0.4) is 0 Å². The Morgan fingerprint density at radius 1 is 1.47 bits per heavy atom. The average Bonchev–Trinajstić information content (AvgIpc) is 2.35. The minimum absolute atomic E-state index is 0.0605. The van der Waals surface area contributed by atoms with E-state index in [4.69, 9.17) is 9.84 Å². The summed E-state index contributed by atoms with van der Waals surface area (Å²) in [5, 5.41) is 8.91. The fourth-order valence-corrected chi connectivity index (χ4v) is 3.08. The number of carbonyl (C=O) groups is 1. The molecule has 0 spiro atoms. The lowest BCUT2D eigenvalue weighted by Gasteiger charge is -2.15. The van der Waals surface area contributed by atoms with E-state index in [2.05, 4.69) is 4.72 Å². The number of ether oxygens (including phenoxy) is 1. The Kier molecular flexibility index (Phi) is 4.90. The molecule has 7 heteroatoms. The average molecular weight is 287 g/mol. The van der Waals surface area contributed by atoms with E-state index in [9.17, 15) is 13.2 Å². The zero-order chi connectivity index (χ0) is 14.6. The summed E-state index contributed by atoms with van der Waals surface area (Å²) in [5.41, 5.74) is 0.740. The number of sulfonamides is 1. The molecule has 0 aliphatic rings. The Labute approximate surface area is 112 Å². The van der Waals surface area contributed by atoms with E-state index in [-0.39, 0.29) is 17.1 Å². The number of aliphatic carboxylic acids is 1. The minimum Gasteiger partial charge on any atom is -0.495 e. The Morgan fingerprint density at radius 2 is 2.11 bits per heavy atom. The smallest absolute Gasteiger partial charge is 0.321 e. The Bertz CT molecular complexity index is 567. The maximum atomic E-state index is 12.2. The number of hydrogen-bond acceptors (Lipinski definition) is 4. The molecule has 1 aromatic rings. The Morgan fingerprint density at radius 3 is 2.58 bits per heavy atom. The van der Waals surface area contributed by atoms with Gasteiger partial charge in [0.05, 0.1) is 7.11 Å².